The molecule has 1 aliphatic heterocycles. The summed E-state index contributed by atoms with van der Waals surface area (Å²) < 4.78 is 5.34. The lowest BCUT2D eigenvalue weighted by Crippen LogP contribution is -2.47. The van der Waals surface area contributed by atoms with Gasteiger partial charge in [-0.2, -0.15) is 0 Å². The molecule has 1 amide bonds. The fourth-order valence-electron chi connectivity index (χ4n) is 2.15. The quantitative estimate of drug-likeness (QED) is 0.609. The average molecular weight is 249 g/mol. The van der Waals surface area contributed by atoms with Crippen molar-refractivity contribution >= 4 is 11.6 Å². The van der Waals surface area contributed by atoms with Gasteiger partial charge in [-0.1, -0.05) is 0 Å². The van der Waals surface area contributed by atoms with Crippen LogP contribution < -0.4 is 11.3 Å². The summed E-state index contributed by atoms with van der Waals surface area (Å²) in [6, 6.07) is 5.61. The molecule has 1 aromatic rings. The van der Waals surface area contributed by atoms with Gasteiger partial charge in [0.2, 0.25) is 0 Å². The molecule has 1 unspecified atom stereocenters. The molecule has 1 aliphatic rings. The van der Waals surface area contributed by atoms with Crippen LogP contribution in [-0.2, 0) is 4.74 Å². The number of carbonyl (C=O) groups excluding carboxylic acids is 1. The number of aryl methyl sites for hydroxylation is 1. The van der Waals surface area contributed by atoms with Crippen molar-refractivity contribution in [1.29, 1.82) is 0 Å². The van der Waals surface area contributed by atoms with Crippen LogP contribution in [0.15, 0.2) is 18.2 Å². The third kappa shape index (κ3) is 2.47. The topological polar surface area (TPSA) is 67.6 Å². The Morgan fingerprint density at radius 1 is 1.56 bits per heavy atom. The number of nitrogens with one attached hydrogen (secondary N) is 1. The summed E-state index contributed by atoms with van der Waals surface area (Å²) in [7, 11) is 0. The second-order valence-corrected chi connectivity index (χ2v) is 4.60. The number of morpholine rings is 1. The van der Waals surface area contributed by atoms with Gasteiger partial charge in [-0.3, -0.25) is 10.6 Å². The van der Waals surface area contributed by atoms with Crippen molar-refractivity contribution in [2.45, 2.75) is 19.9 Å². The zero-order valence-corrected chi connectivity index (χ0v) is 10.8. The highest BCUT2D eigenvalue weighted by molar-refractivity contribution is 5.95. The normalized spacial score (nSPS) is 19.7. The van der Waals surface area contributed by atoms with Gasteiger partial charge in [0.1, 0.15) is 0 Å². The number of anilines is 1. The maximum Gasteiger partial charge on any atom is 0.254 e. The van der Waals surface area contributed by atoms with Crippen molar-refractivity contribution in [2.75, 3.05) is 25.2 Å². The minimum absolute atomic E-state index is 0.0532. The summed E-state index contributed by atoms with van der Waals surface area (Å²) in [5, 5.41) is 0. The number of nitrogens with two attached hydrogens (primary N) is 1. The van der Waals surface area contributed by atoms with Crippen LogP contribution in [0.5, 0.6) is 0 Å². The first-order valence-corrected chi connectivity index (χ1v) is 6.09. The van der Waals surface area contributed by atoms with E-state index in [-0.39, 0.29) is 11.9 Å². The maximum atomic E-state index is 12.4. The third-order valence-corrected chi connectivity index (χ3v) is 3.26. The predicted octanol–water partition coefficient (Wildman–Crippen LogP) is 1.14. The number of rotatable bonds is 2. The largest absolute Gasteiger partial charge is 0.377 e. The van der Waals surface area contributed by atoms with E-state index < -0.39 is 0 Å². The van der Waals surface area contributed by atoms with E-state index in [1.807, 2.05) is 30.9 Å². The van der Waals surface area contributed by atoms with E-state index in [0.717, 1.165) is 11.3 Å². The van der Waals surface area contributed by atoms with E-state index in [2.05, 4.69) is 5.43 Å². The van der Waals surface area contributed by atoms with Crippen LogP contribution >= 0.6 is 0 Å². The fraction of sp³-hybridized carbons (Fsp3) is 0.462. The molecule has 0 bridgehead atoms. The van der Waals surface area contributed by atoms with Gasteiger partial charge in [-0.05, 0) is 37.6 Å². The Morgan fingerprint density at radius 3 is 2.94 bits per heavy atom. The molecular weight excluding hydrogens is 230 g/mol. The molecule has 1 saturated heterocycles. The second-order valence-electron chi connectivity index (χ2n) is 4.60. The zero-order valence-electron chi connectivity index (χ0n) is 10.8. The molecule has 5 heteroatoms. The van der Waals surface area contributed by atoms with Gasteiger partial charge in [0.05, 0.1) is 24.9 Å². The Bertz CT molecular complexity index is 448. The number of hydrazine groups is 1. The summed E-state index contributed by atoms with van der Waals surface area (Å²) >= 11 is 0. The molecule has 0 spiro atoms. The third-order valence-electron chi connectivity index (χ3n) is 3.26. The molecular formula is C13H19N3O2. The Morgan fingerprint density at radius 2 is 2.33 bits per heavy atom. The molecule has 2 rings (SSSR count). The summed E-state index contributed by atoms with van der Waals surface area (Å²) in [4.78, 5) is 14.2. The van der Waals surface area contributed by atoms with Gasteiger partial charge in [0.25, 0.3) is 5.91 Å². The lowest BCUT2D eigenvalue weighted by Gasteiger charge is -2.33. The number of benzene rings is 1. The van der Waals surface area contributed by atoms with Crippen LogP contribution in [0.4, 0.5) is 5.69 Å². The van der Waals surface area contributed by atoms with Crippen molar-refractivity contribution in [3.05, 3.63) is 29.3 Å². The van der Waals surface area contributed by atoms with E-state index in [0.29, 0.717) is 25.3 Å². The standard InChI is InChI=1S/C13H19N3O2/c1-9-7-11(3-4-12(9)15-14)13(17)16-5-6-18-8-10(16)2/h3-4,7,10,15H,5-6,8,14H2,1-2H3. The molecule has 0 saturated carbocycles. The number of nitrogens with zero attached hydrogens (tertiary/aromatic N) is 1. The fourth-order valence-corrected chi connectivity index (χ4v) is 2.15. The van der Waals surface area contributed by atoms with Gasteiger partial charge < -0.3 is 15.1 Å². The van der Waals surface area contributed by atoms with Crippen LogP contribution in [0.1, 0.15) is 22.8 Å². The number of hydrogen-bond donors (Lipinski definition) is 2. The van der Waals surface area contributed by atoms with E-state index in [1.54, 1.807) is 6.07 Å². The summed E-state index contributed by atoms with van der Waals surface area (Å²) in [6.45, 7) is 5.79. The molecule has 5 nitrogen and oxygen atoms in total. The van der Waals surface area contributed by atoms with E-state index in [4.69, 9.17) is 10.6 Å². The highest BCUT2D eigenvalue weighted by Crippen LogP contribution is 2.18. The molecule has 98 valence electrons. The van der Waals surface area contributed by atoms with Crippen molar-refractivity contribution < 1.29 is 9.53 Å². The minimum atomic E-state index is 0.0532. The SMILES string of the molecule is Cc1cc(C(=O)N2CCOCC2C)ccc1NN. The van der Waals surface area contributed by atoms with Gasteiger partial charge >= 0.3 is 0 Å². The molecule has 0 aromatic heterocycles. The Balaban J connectivity index is 2.20. The number of amides is 1. The molecule has 0 aliphatic carbocycles. The lowest BCUT2D eigenvalue weighted by atomic mass is 10.1. The summed E-state index contributed by atoms with van der Waals surface area (Å²) in [5.41, 5.74) is 5.10. The number of nitrogen functional groups attached to an aromatic ring is 1. The van der Waals surface area contributed by atoms with Crippen molar-refractivity contribution in [3.8, 4) is 0 Å². The van der Waals surface area contributed by atoms with E-state index in [9.17, 15) is 4.79 Å². The highest BCUT2D eigenvalue weighted by atomic mass is 16.5. The summed E-state index contributed by atoms with van der Waals surface area (Å²) in [5.74, 6) is 5.43. The second kappa shape index (κ2) is 5.37. The van der Waals surface area contributed by atoms with Gasteiger partial charge in [0, 0.05) is 12.1 Å². The molecule has 1 atom stereocenters. The molecule has 1 fully saturated rings. The van der Waals surface area contributed by atoms with Crippen LogP contribution in [0.2, 0.25) is 0 Å². The first-order valence-electron chi connectivity index (χ1n) is 6.09. The minimum Gasteiger partial charge on any atom is -0.377 e. The molecule has 0 radical (unpaired) electrons. The van der Waals surface area contributed by atoms with Crippen LogP contribution in [-0.4, -0.2) is 36.6 Å². The maximum absolute atomic E-state index is 12.4. The predicted molar refractivity (Wildman–Crippen MR) is 70.3 cm³/mol. The van der Waals surface area contributed by atoms with Crippen LogP contribution in [0.25, 0.3) is 0 Å². The van der Waals surface area contributed by atoms with Crippen molar-refractivity contribution in [3.63, 3.8) is 0 Å². The first-order chi connectivity index (χ1) is 8.63. The molecule has 3 N–H and O–H groups in total. The highest BCUT2D eigenvalue weighted by Gasteiger charge is 2.24. The van der Waals surface area contributed by atoms with Crippen LogP contribution in [0.3, 0.4) is 0 Å². The Kier molecular flexibility index (Phi) is 3.84. The number of carbonyl (C=O) groups is 1. The Labute approximate surface area is 107 Å². The molecule has 1 heterocycles. The van der Waals surface area contributed by atoms with Crippen LogP contribution in [0, 0.1) is 6.92 Å². The van der Waals surface area contributed by atoms with Gasteiger partial charge in [-0.25, -0.2) is 0 Å². The van der Waals surface area contributed by atoms with Crippen molar-refractivity contribution in [1.82, 2.24) is 4.90 Å². The molecule has 1 aromatic carbocycles. The average Bonchev–Trinajstić information content (AvgIpc) is 2.38. The molecule has 18 heavy (non-hydrogen) atoms. The number of ether oxygens (including phenoxy) is 1. The van der Waals surface area contributed by atoms with Gasteiger partial charge in [0.15, 0.2) is 0 Å². The Hall–Kier alpha value is -1.59. The monoisotopic (exact) mass is 249 g/mol. The smallest absolute Gasteiger partial charge is 0.254 e. The van der Waals surface area contributed by atoms with E-state index >= 15 is 0 Å². The van der Waals surface area contributed by atoms with E-state index in [1.165, 1.54) is 0 Å². The zero-order chi connectivity index (χ0) is 13.1. The first kappa shape index (κ1) is 12.9. The van der Waals surface area contributed by atoms with Crippen molar-refractivity contribution in [2.24, 2.45) is 5.84 Å². The van der Waals surface area contributed by atoms with Gasteiger partial charge in [-0.15, -0.1) is 0 Å². The summed E-state index contributed by atoms with van der Waals surface area (Å²) in [6.07, 6.45) is 0. The lowest BCUT2D eigenvalue weighted by molar-refractivity contribution is 0.00359. The number of hydrogen-bond acceptors (Lipinski definition) is 4.